The molecule has 20 heavy (non-hydrogen) atoms. The fraction of sp³-hybridized carbons (Fsp3) is 1.00. The molecule has 2 atom stereocenters. The lowest BCUT2D eigenvalue weighted by atomic mass is 10.1. The molecule has 0 aromatic rings. The van der Waals surface area contributed by atoms with E-state index in [2.05, 4.69) is 19.2 Å². The van der Waals surface area contributed by atoms with E-state index in [1.165, 1.54) is 51.4 Å². The molecule has 0 aliphatic carbocycles. The monoisotopic (exact) mass is 287 g/mol. The van der Waals surface area contributed by atoms with Gasteiger partial charge in [0.2, 0.25) is 0 Å². The van der Waals surface area contributed by atoms with Gasteiger partial charge in [-0.1, -0.05) is 71.6 Å². The molecule has 3 N–H and O–H groups in total. The van der Waals surface area contributed by atoms with Crippen molar-refractivity contribution in [2.45, 2.75) is 110 Å². The average molecular weight is 287 g/mol. The summed E-state index contributed by atoms with van der Waals surface area (Å²) < 4.78 is 0. The largest absolute Gasteiger partial charge is 0.379 e. The van der Waals surface area contributed by atoms with E-state index >= 15 is 0 Å². The molecule has 3 nitrogen and oxygen atoms in total. The number of hydrogen-bond donors (Lipinski definition) is 3. The van der Waals surface area contributed by atoms with E-state index < -0.39 is 12.5 Å². The van der Waals surface area contributed by atoms with E-state index in [9.17, 15) is 10.2 Å². The molecule has 0 radical (unpaired) electrons. The van der Waals surface area contributed by atoms with Crippen molar-refractivity contribution in [2.75, 3.05) is 0 Å². The zero-order chi connectivity index (χ0) is 15.1. The van der Waals surface area contributed by atoms with Gasteiger partial charge in [0, 0.05) is 0 Å². The van der Waals surface area contributed by atoms with E-state index in [4.69, 9.17) is 0 Å². The lowest BCUT2D eigenvalue weighted by Gasteiger charge is -2.17. The normalized spacial score (nSPS) is 14.4. The second-order valence-electron chi connectivity index (χ2n) is 5.96. The van der Waals surface area contributed by atoms with Gasteiger partial charge in [-0.3, -0.25) is 5.32 Å². The molecule has 0 aliphatic heterocycles. The van der Waals surface area contributed by atoms with Crippen LogP contribution in [0.4, 0.5) is 0 Å². The van der Waals surface area contributed by atoms with Crippen LogP contribution in [-0.2, 0) is 0 Å². The number of hydrogen-bond acceptors (Lipinski definition) is 3. The molecule has 0 aliphatic rings. The fourth-order valence-electron chi connectivity index (χ4n) is 2.43. The van der Waals surface area contributed by atoms with Crippen LogP contribution >= 0.6 is 0 Å². The van der Waals surface area contributed by atoms with Crippen LogP contribution in [0.5, 0.6) is 0 Å². The summed E-state index contributed by atoms with van der Waals surface area (Å²) in [5, 5.41) is 22.2. The first-order chi connectivity index (χ1) is 9.70. The molecule has 0 saturated carbocycles. The van der Waals surface area contributed by atoms with Gasteiger partial charge in [0.15, 0.2) is 0 Å². The summed E-state index contributed by atoms with van der Waals surface area (Å²) in [5.74, 6) is 0. The van der Waals surface area contributed by atoms with Crippen LogP contribution in [0.15, 0.2) is 0 Å². The molecule has 122 valence electrons. The Morgan fingerprint density at radius 1 is 0.600 bits per heavy atom. The number of nitrogens with one attached hydrogen (secondary N) is 1. The van der Waals surface area contributed by atoms with Gasteiger partial charge in [-0.25, -0.2) is 0 Å². The first kappa shape index (κ1) is 19.9. The average Bonchev–Trinajstić information content (AvgIpc) is 2.43. The Morgan fingerprint density at radius 2 is 1.00 bits per heavy atom. The maximum Gasteiger partial charge on any atom is 0.106 e. The van der Waals surface area contributed by atoms with Crippen molar-refractivity contribution in [3.63, 3.8) is 0 Å². The Kier molecular flexibility index (Phi) is 15.2. The molecule has 0 bridgehead atoms. The molecule has 0 saturated heterocycles. The third-order valence-corrected chi connectivity index (χ3v) is 3.80. The van der Waals surface area contributed by atoms with Gasteiger partial charge in [-0.05, 0) is 25.7 Å². The molecule has 0 aromatic heterocycles. The van der Waals surface area contributed by atoms with Crippen LogP contribution in [0.1, 0.15) is 97.3 Å². The summed E-state index contributed by atoms with van der Waals surface area (Å²) in [5.41, 5.74) is 0. The Bertz CT molecular complexity index is 188. The van der Waals surface area contributed by atoms with E-state index in [1.54, 1.807) is 0 Å². The standard InChI is InChI=1S/C17H37NO2/c1-3-5-7-8-9-10-11-12-13-15-17(20)18-16(19)14-6-4-2/h16-20H,3-15H2,1-2H3. The van der Waals surface area contributed by atoms with E-state index in [1.807, 2.05) is 0 Å². The first-order valence-electron chi connectivity index (χ1n) is 8.82. The van der Waals surface area contributed by atoms with E-state index in [-0.39, 0.29) is 0 Å². The molecule has 2 unspecified atom stereocenters. The highest BCUT2D eigenvalue weighted by atomic mass is 16.3. The third kappa shape index (κ3) is 14.3. The number of unbranched alkanes of at least 4 members (excludes halogenated alkanes) is 9. The predicted octanol–water partition coefficient (Wildman–Crippen LogP) is 4.32. The SMILES string of the molecule is CCCCCCCCCCCC(O)NC(O)CCCC. The van der Waals surface area contributed by atoms with Crippen molar-refractivity contribution in [1.82, 2.24) is 5.32 Å². The van der Waals surface area contributed by atoms with Crippen LogP contribution in [-0.4, -0.2) is 22.7 Å². The highest BCUT2D eigenvalue weighted by Crippen LogP contribution is 2.11. The van der Waals surface area contributed by atoms with Crippen molar-refractivity contribution < 1.29 is 10.2 Å². The number of rotatable bonds is 15. The summed E-state index contributed by atoms with van der Waals surface area (Å²) in [6.45, 7) is 4.35. The zero-order valence-electron chi connectivity index (χ0n) is 13.7. The summed E-state index contributed by atoms with van der Waals surface area (Å²) in [6.07, 6.45) is 14.1. The molecule has 3 heteroatoms. The fourth-order valence-corrected chi connectivity index (χ4v) is 2.43. The highest BCUT2D eigenvalue weighted by Gasteiger charge is 2.09. The van der Waals surface area contributed by atoms with Crippen LogP contribution in [0, 0.1) is 0 Å². The van der Waals surface area contributed by atoms with Crippen molar-refractivity contribution in [1.29, 1.82) is 0 Å². The van der Waals surface area contributed by atoms with Gasteiger partial charge in [0.05, 0.1) is 0 Å². The van der Waals surface area contributed by atoms with Crippen molar-refractivity contribution >= 4 is 0 Å². The van der Waals surface area contributed by atoms with Gasteiger partial charge in [0.25, 0.3) is 0 Å². The minimum Gasteiger partial charge on any atom is -0.379 e. The molecular formula is C17H37NO2. The maximum atomic E-state index is 9.75. The third-order valence-electron chi connectivity index (χ3n) is 3.80. The number of aliphatic hydroxyl groups is 2. The van der Waals surface area contributed by atoms with E-state index in [0.717, 1.165) is 32.1 Å². The quantitative estimate of drug-likeness (QED) is 0.310. The minimum atomic E-state index is -0.552. The number of aliphatic hydroxyl groups excluding tert-OH is 2. The predicted molar refractivity (Wildman–Crippen MR) is 86.5 cm³/mol. The molecule has 0 amide bonds. The minimum absolute atomic E-state index is 0.550. The smallest absolute Gasteiger partial charge is 0.106 e. The zero-order valence-corrected chi connectivity index (χ0v) is 13.7. The molecule has 0 fully saturated rings. The van der Waals surface area contributed by atoms with Crippen LogP contribution in [0.3, 0.4) is 0 Å². The van der Waals surface area contributed by atoms with Gasteiger partial charge in [0.1, 0.15) is 12.5 Å². The summed E-state index contributed by atoms with van der Waals surface area (Å²) in [4.78, 5) is 0. The summed E-state index contributed by atoms with van der Waals surface area (Å²) in [7, 11) is 0. The second kappa shape index (κ2) is 15.3. The maximum absolute atomic E-state index is 9.75. The van der Waals surface area contributed by atoms with Gasteiger partial charge < -0.3 is 10.2 Å². The Morgan fingerprint density at radius 3 is 1.50 bits per heavy atom. The molecule has 0 spiro atoms. The first-order valence-corrected chi connectivity index (χ1v) is 8.82. The lowest BCUT2D eigenvalue weighted by molar-refractivity contribution is 0.0312. The molecule has 0 aromatic carbocycles. The van der Waals surface area contributed by atoms with Gasteiger partial charge >= 0.3 is 0 Å². The Labute approximate surface area is 126 Å². The highest BCUT2D eigenvalue weighted by molar-refractivity contribution is 4.59. The van der Waals surface area contributed by atoms with Crippen molar-refractivity contribution in [3.8, 4) is 0 Å². The van der Waals surface area contributed by atoms with Crippen LogP contribution < -0.4 is 5.32 Å². The molecule has 0 heterocycles. The topological polar surface area (TPSA) is 52.5 Å². The summed E-state index contributed by atoms with van der Waals surface area (Å²) in [6, 6.07) is 0. The van der Waals surface area contributed by atoms with E-state index in [0.29, 0.717) is 0 Å². The van der Waals surface area contributed by atoms with Gasteiger partial charge in [-0.2, -0.15) is 0 Å². The Hall–Kier alpha value is -0.120. The summed E-state index contributed by atoms with van der Waals surface area (Å²) >= 11 is 0. The van der Waals surface area contributed by atoms with Crippen LogP contribution in [0.2, 0.25) is 0 Å². The lowest BCUT2D eigenvalue weighted by Crippen LogP contribution is -2.38. The van der Waals surface area contributed by atoms with Crippen LogP contribution in [0.25, 0.3) is 0 Å². The second-order valence-corrected chi connectivity index (χ2v) is 5.96. The molecule has 0 rings (SSSR count). The van der Waals surface area contributed by atoms with Crippen molar-refractivity contribution in [3.05, 3.63) is 0 Å². The molecular weight excluding hydrogens is 250 g/mol. The van der Waals surface area contributed by atoms with Crippen molar-refractivity contribution in [2.24, 2.45) is 0 Å². The Balaban J connectivity index is 3.24. The van der Waals surface area contributed by atoms with Gasteiger partial charge in [-0.15, -0.1) is 0 Å².